The van der Waals surface area contributed by atoms with Crippen molar-refractivity contribution in [3.05, 3.63) is 0 Å². The SMILES string of the molecule is CCC1CCC(NC(=O)C2CCC(CN)O2)CC1. The smallest absolute Gasteiger partial charge is 0.249 e. The zero-order chi connectivity index (χ0) is 13.0. The van der Waals surface area contributed by atoms with Crippen LogP contribution in [-0.2, 0) is 9.53 Å². The van der Waals surface area contributed by atoms with Crippen molar-refractivity contribution < 1.29 is 9.53 Å². The van der Waals surface area contributed by atoms with Crippen LogP contribution in [0.25, 0.3) is 0 Å². The maximum atomic E-state index is 12.0. The van der Waals surface area contributed by atoms with Crippen molar-refractivity contribution in [2.45, 2.75) is 70.1 Å². The number of carbonyl (C=O) groups is 1. The van der Waals surface area contributed by atoms with Gasteiger partial charge in [-0.25, -0.2) is 0 Å². The van der Waals surface area contributed by atoms with E-state index in [1.165, 1.54) is 19.3 Å². The van der Waals surface area contributed by atoms with Gasteiger partial charge in [-0.15, -0.1) is 0 Å². The summed E-state index contributed by atoms with van der Waals surface area (Å²) < 4.78 is 5.62. The van der Waals surface area contributed by atoms with Crippen LogP contribution in [-0.4, -0.2) is 30.7 Å². The molecule has 2 rings (SSSR count). The van der Waals surface area contributed by atoms with E-state index in [4.69, 9.17) is 10.5 Å². The maximum Gasteiger partial charge on any atom is 0.249 e. The summed E-state index contributed by atoms with van der Waals surface area (Å²) in [5.74, 6) is 0.938. The van der Waals surface area contributed by atoms with Gasteiger partial charge in [0.2, 0.25) is 5.91 Å². The monoisotopic (exact) mass is 254 g/mol. The third-order valence-electron chi connectivity index (χ3n) is 4.43. The van der Waals surface area contributed by atoms with Crippen molar-refractivity contribution in [1.29, 1.82) is 0 Å². The van der Waals surface area contributed by atoms with Gasteiger partial charge >= 0.3 is 0 Å². The lowest BCUT2D eigenvalue weighted by atomic mass is 9.84. The van der Waals surface area contributed by atoms with E-state index in [0.717, 1.165) is 31.6 Å². The molecule has 1 saturated carbocycles. The first-order chi connectivity index (χ1) is 8.72. The fourth-order valence-corrected chi connectivity index (χ4v) is 3.08. The van der Waals surface area contributed by atoms with Crippen LogP contribution >= 0.6 is 0 Å². The Balaban J connectivity index is 1.72. The van der Waals surface area contributed by atoms with Gasteiger partial charge in [0.1, 0.15) is 6.10 Å². The zero-order valence-corrected chi connectivity index (χ0v) is 11.4. The molecule has 1 heterocycles. The summed E-state index contributed by atoms with van der Waals surface area (Å²) in [4.78, 5) is 12.0. The molecule has 2 unspecified atom stereocenters. The first kappa shape index (κ1) is 13.8. The highest BCUT2D eigenvalue weighted by Crippen LogP contribution is 2.27. The van der Waals surface area contributed by atoms with Crippen LogP contribution < -0.4 is 11.1 Å². The molecule has 2 aliphatic rings. The number of carbonyl (C=O) groups excluding carboxylic acids is 1. The van der Waals surface area contributed by atoms with Crippen LogP contribution in [0.5, 0.6) is 0 Å². The Bertz CT molecular complexity index is 275. The molecule has 2 atom stereocenters. The summed E-state index contributed by atoms with van der Waals surface area (Å²) in [6, 6.07) is 0.362. The second-order valence-corrected chi connectivity index (χ2v) is 5.69. The molecule has 18 heavy (non-hydrogen) atoms. The van der Waals surface area contributed by atoms with Gasteiger partial charge in [-0.05, 0) is 44.4 Å². The third-order valence-corrected chi connectivity index (χ3v) is 4.43. The number of ether oxygens (including phenoxy) is 1. The highest BCUT2D eigenvalue weighted by Gasteiger charge is 2.31. The highest BCUT2D eigenvalue weighted by atomic mass is 16.5. The Morgan fingerprint density at radius 1 is 1.22 bits per heavy atom. The molecule has 3 N–H and O–H groups in total. The second kappa shape index (κ2) is 6.53. The zero-order valence-electron chi connectivity index (χ0n) is 11.4. The first-order valence-electron chi connectivity index (χ1n) is 7.38. The Morgan fingerprint density at radius 3 is 2.50 bits per heavy atom. The number of rotatable bonds is 4. The van der Waals surface area contributed by atoms with Crippen LogP contribution in [0.1, 0.15) is 51.9 Å². The number of hydrogen-bond donors (Lipinski definition) is 2. The summed E-state index contributed by atoms with van der Waals surface area (Å²) in [5, 5.41) is 3.15. The van der Waals surface area contributed by atoms with Gasteiger partial charge in [0.25, 0.3) is 0 Å². The third kappa shape index (κ3) is 3.45. The topological polar surface area (TPSA) is 64.4 Å². The van der Waals surface area contributed by atoms with E-state index in [1.54, 1.807) is 0 Å². The Kier molecular flexibility index (Phi) is 5.01. The molecule has 0 spiro atoms. The molecule has 0 bridgehead atoms. The standard InChI is InChI=1S/C14H26N2O2/c1-2-10-3-5-11(6-4-10)16-14(17)13-8-7-12(9-15)18-13/h10-13H,2-9,15H2,1H3,(H,16,17). The van der Waals surface area contributed by atoms with Gasteiger partial charge in [-0.2, -0.15) is 0 Å². The lowest BCUT2D eigenvalue weighted by molar-refractivity contribution is -0.132. The van der Waals surface area contributed by atoms with Gasteiger partial charge in [0.15, 0.2) is 0 Å². The molecule has 2 fully saturated rings. The highest BCUT2D eigenvalue weighted by molar-refractivity contribution is 5.81. The lowest BCUT2D eigenvalue weighted by Crippen LogP contribution is -2.43. The molecule has 4 heteroatoms. The average molecular weight is 254 g/mol. The van der Waals surface area contributed by atoms with Crippen molar-refractivity contribution in [3.8, 4) is 0 Å². The number of nitrogens with one attached hydrogen (secondary N) is 1. The van der Waals surface area contributed by atoms with Gasteiger partial charge < -0.3 is 15.8 Å². The maximum absolute atomic E-state index is 12.0. The van der Waals surface area contributed by atoms with E-state index < -0.39 is 0 Å². The van der Waals surface area contributed by atoms with E-state index in [9.17, 15) is 4.79 Å². The van der Waals surface area contributed by atoms with Crippen LogP contribution in [0, 0.1) is 5.92 Å². The van der Waals surface area contributed by atoms with Crippen molar-refractivity contribution in [3.63, 3.8) is 0 Å². The molecular weight excluding hydrogens is 228 g/mol. The predicted molar refractivity (Wildman–Crippen MR) is 71.1 cm³/mol. The predicted octanol–water partition coefficient (Wildman–Crippen LogP) is 1.58. The second-order valence-electron chi connectivity index (χ2n) is 5.69. The van der Waals surface area contributed by atoms with Crippen LogP contribution in [0.15, 0.2) is 0 Å². The van der Waals surface area contributed by atoms with E-state index in [-0.39, 0.29) is 18.1 Å². The summed E-state index contributed by atoms with van der Waals surface area (Å²) in [5.41, 5.74) is 5.55. The Morgan fingerprint density at radius 2 is 1.94 bits per heavy atom. The van der Waals surface area contributed by atoms with Crippen LogP contribution in [0.4, 0.5) is 0 Å². The molecule has 104 valence electrons. The molecule has 0 radical (unpaired) electrons. The minimum absolute atomic E-state index is 0.0749. The quantitative estimate of drug-likeness (QED) is 0.800. The van der Waals surface area contributed by atoms with Gasteiger partial charge in [-0.3, -0.25) is 4.79 Å². The summed E-state index contributed by atoms with van der Waals surface area (Å²) in [6.07, 6.45) is 7.56. The number of nitrogens with two attached hydrogens (primary N) is 1. The average Bonchev–Trinajstić information content (AvgIpc) is 2.88. The molecule has 0 aromatic heterocycles. The van der Waals surface area contributed by atoms with Crippen LogP contribution in [0.2, 0.25) is 0 Å². The Labute approximate surface area is 110 Å². The fourth-order valence-electron chi connectivity index (χ4n) is 3.08. The molecule has 1 amide bonds. The largest absolute Gasteiger partial charge is 0.364 e. The van der Waals surface area contributed by atoms with Crippen LogP contribution in [0.3, 0.4) is 0 Å². The molecule has 4 nitrogen and oxygen atoms in total. The summed E-state index contributed by atoms with van der Waals surface area (Å²) >= 11 is 0. The van der Waals surface area contributed by atoms with Gasteiger partial charge in [0, 0.05) is 12.6 Å². The van der Waals surface area contributed by atoms with E-state index >= 15 is 0 Å². The van der Waals surface area contributed by atoms with E-state index in [0.29, 0.717) is 12.6 Å². The minimum Gasteiger partial charge on any atom is -0.364 e. The molecule has 1 aliphatic heterocycles. The van der Waals surface area contributed by atoms with E-state index in [2.05, 4.69) is 12.2 Å². The lowest BCUT2D eigenvalue weighted by Gasteiger charge is -2.29. The van der Waals surface area contributed by atoms with Gasteiger partial charge in [-0.1, -0.05) is 13.3 Å². The fraction of sp³-hybridized carbons (Fsp3) is 0.929. The summed E-state index contributed by atoms with van der Waals surface area (Å²) in [7, 11) is 0. The molecule has 1 aliphatic carbocycles. The number of amides is 1. The summed E-state index contributed by atoms with van der Waals surface area (Å²) in [6.45, 7) is 2.77. The van der Waals surface area contributed by atoms with Gasteiger partial charge in [0.05, 0.1) is 6.10 Å². The minimum atomic E-state index is -0.262. The van der Waals surface area contributed by atoms with Crippen molar-refractivity contribution in [2.24, 2.45) is 11.7 Å². The molecule has 1 saturated heterocycles. The van der Waals surface area contributed by atoms with E-state index in [1.807, 2.05) is 0 Å². The van der Waals surface area contributed by atoms with Crippen molar-refractivity contribution in [1.82, 2.24) is 5.32 Å². The molecule has 0 aromatic rings. The molecular formula is C14H26N2O2. The molecule has 0 aromatic carbocycles. The Hall–Kier alpha value is -0.610. The normalized spacial score (nSPS) is 36.6. The first-order valence-corrected chi connectivity index (χ1v) is 7.38. The van der Waals surface area contributed by atoms with Crippen molar-refractivity contribution in [2.75, 3.05) is 6.54 Å². The number of hydrogen-bond acceptors (Lipinski definition) is 3. The van der Waals surface area contributed by atoms with Crippen molar-refractivity contribution >= 4 is 5.91 Å².